The van der Waals surface area contributed by atoms with Crippen molar-refractivity contribution in [2.45, 2.75) is 6.92 Å². The van der Waals surface area contributed by atoms with E-state index in [1.807, 2.05) is 25.2 Å². The van der Waals surface area contributed by atoms with Crippen LogP contribution in [0.1, 0.15) is 18.1 Å². The molecule has 0 aliphatic heterocycles. The first kappa shape index (κ1) is 17.9. The largest absolute Gasteiger partial charge is 0.504 e. The van der Waals surface area contributed by atoms with Crippen LogP contribution in [0.15, 0.2) is 72.4 Å². The molecule has 0 atom stereocenters. The number of phenols is 4. The van der Waals surface area contributed by atoms with Crippen LogP contribution in [0, 0.1) is 0 Å². The van der Waals surface area contributed by atoms with E-state index in [-0.39, 0.29) is 23.0 Å². The van der Waals surface area contributed by atoms with Crippen LogP contribution in [-0.2, 0) is 0 Å². The van der Waals surface area contributed by atoms with Gasteiger partial charge in [-0.05, 0) is 47.9 Å². The Morgan fingerprint density at radius 3 is 1.72 bits per heavy atom. The molecule has 0 amide bonds. The molecule has 0 spiro atoms. The molecule has 4 N–H and O–H groups in total. The van der Waals surface area contributed by atoms with Crippen LogP contribution in [0.3, 0.4) is 0 Å². The fourth-order valence-electron chi connectivity index (χ4n) is 2.11. The first-order valence-corrected chi connectivity index (χ1v) is 7.62. The van der Waals surface area contributed by atoms with Gasteiger partial charge in [0.2, 0.25) is 0 Å². The van der Waals surface area contributed by atoms with Crippen LogP contribution in [-0.4, -0.2) is 20.4 Å². The van der Waals surface area contributed by atoms with Gasteiger partial charge in [0.25, 0.3) is 0 Å². The number of aromatic hydroxyl groups is 4. The first-order valence-electron chi connectivity index (χ1n) is 7.62. The number of hydrogen-bond acceptors (Lipinski definition) is 4. The van der Waals surface area contributed by atoms with Crippen molar-refractivity contribution in [1.29, 1.82) is 0 Å². The van der Waals surface area contributed by atoms with E-state index in [2.05, 4.69) is 6.58 Å². The zero-order valence-electron chi connectivity index (χ0n) is 13.8. The van der Waals surface area contributed by atoms with E-state index in [0.29, 0.717) is 0 Å². The number of benzene rings is 2. The highest BCUT2D eigenvalue weighted by Gasteiger charge is 1.98. The molecule has 0 aliphatic carbocycles. The average molecular weight is 336 g/mol. The van der Waals surface area contributed by atoms with Gasteiger partial charge in [-0.1, -0.05) is 54.7 Å². The summed E-state index contributed by atoms with van der Waals surface area (Å²) in [7, 11) is 0. The maximum absolute atomic E-state index is 9.47. The Morgan fingerprint density at radius 1 is 0.760 bits per heavy atom. The minimum absolute atomic E-state index is 0.150. The molecule has 128 valence electrons. The average Bonchev–Trinajstić information content (AvgIpc) is 2.57. The number of hydrogen-bond donors (Lipinski definition) is 4. The van der Waals surface area contributed by atoms with Crippen LogP contribution in [0.2, 0.25) is 0 Å². The van der Waals surface area contributed by atoms with Crippen molar-refractivity contribution >= 4 is 12.2 Å². The second-order valence-corrected chi connectivity index (χ2v) is 5.63. The quantitative estimate of drug-likeness (QED) is 0.470. The summed E-state index contributed by atoms with van der Waals surface area (Å²) in [5.74, 6) is -0.631. The number of rotatable bonds is 5. The van der Waals surface area contributed by atoms with Gasteiger partial charge in [-0.2, -0.15) is 0 Å². The maximum atomic E-state index is 9.47. The summed E-state index contributed by atoms with van der Waals surface area (Å²) in [4.78, 5) is 0. The van der Waals surface area contributed by atoms with Crippen molar-refractivity contribution in [3.63, 3.8) is 0 Å². The molecule has 2 aromatic carbocycles. The highest BCUT2D eigenvalue weighted by atomic mass is 16.3. The fraction of sp³-hybridized carbons (Fsp3) is 0.0476. The second-order valence-electron chi connectivity index (χ2n) is 5.63. The van der Waals surface area contributed by atoms with Gasteiger partial charge in [0.15, 0.2) is 23.0 Å². The fourth-order valence-corrected chi connectivity index (χ4v) is 2.11. The summed E-state index contributed by atoms with van der Waals surface area (Å²) in [6.07, 6.45) is 9.16. The smallest absolute Gasteiger partial charge is 0.157 e. The van der Waals surface area contributed by atoms with Crippen LogP contribution in [0.4, 0.5) is 0 Å². The Morgan fingerprint density at radius 2 is 1.24 bits per heavy atom. The monoisotopic (exact) mass is 336 g/mol. The molecule has 0 bridgehead atoms. The van der Waals surface area contributed by atoms with Crippen molar-refractivity contribution < 1.29 is 20.4 Å². The molecule has 0 unspecified atom stereocenters. The molecule has 0 radical (unpaired) electrons. The molecule has 4 heteroatoms. The number of allylic oxidation sites excluding steroid dienone is 5. The van der Waals surface area contributed by atoms with E-state index >= 15 is 0 Å². The predicted molar refractivity (Wildman–Crippen MR) is 101 cm³/mol. The molecule has 0 saturated heterocycles. The Hall–Kier alpha value is -3.40. The molecule has 4 nitrogen and oxygen atoms in total. The van der Waals surface area contributed by atoms with E-state index in [1.54, 1.807) is 24.3 Å². The van der Waals surface area contributed by atoms with E-state index in [0.717, 1.165) is 22.3 Å². The van der Waals surface area contributed by atoms with Crippen molar-refractivity contribution in [3.8, 4) is 23.0 Å². The first-order chi connectivity index (χ1) is 11.8. The van der Waals surface area contributed by atoms with Gasteiger partial charge in [0.1, 0.15) is 0 Å². The van der Waals surface area contributed by atoms with Gasteiger partial charge in [0, 0.05) is 0 Å². The Labute approximate surface area is 146 Å². The minimum Gasteiger partial charge on any atom is -0.504 e. The SMILES string of the molecule is C=C(/C=C/c1ccc(O)c(O)c1)/C=C(C)/C=C/c1ccc(O)c(O)c1. The molecule has 0 fully saturated rings. The standard InChI is InChI=1S/C21H20O4/c1-14(3-5-16-7-9-18(22)20(24)12-16)11-15(2)4-6-17-8-10-19(23)21(25)13-17/h3-13,22-25H,1H2,2H3/b5-3+,6-4+,15-11+. The molecule has 0 aromatic heterocycles. The zero-order chi connectivity index (χ0) is 18.4. The molecule has 2 aromatic rings. The van der Waals surface area contributed by atoms with Crippen molar-refractivity contribution in [1.82, 2.24) is 0 Å². The summed E-state index contributed by atoms with van der Waals surface area (Å²) in [5, 5.41) is 37.5. The lowest BCUT2D eigenvalue weighted by atomic mass is 10.1. The third-order valence-electron chi connectivity index (χ3n) is 3.44. The van der Waals surface area contributed by atoms with Crippen molar-refractivity contribution in [2.75, 3.05) is 0 Å². The molecule has 0 aliphatic rings. The van der Waals surface area contributed by atoms with Gasteiger partial charge in [-0.25, -0.2) is 0 Å². The van der Waals surface area contributed by atoms with E-state index in [9.17, 15) is 20.4 Å². The Kier molecular flexibility index (Phi) is 5.69. The lowest BCUT2D eigenvalue weighted by Crippen LogP contribution is -1.77. The predicted octanol–water partition coefficient (Wildman–Crippen LogP) is 4.74. The van der Waals surface area contributed by atoms with Gasteiger partial charge in [-0.3, -0.25) is 0 Å². The normalized spacial score (nSPS) is 12.1. The number of phenolic OH excluding ortho intramolecular Hbond substituents is 4. The topological polar surface area (TPSA) is 80.9 Å². The molecule has 25 heavy (non-hydrogen) atoms. The highest BCUT2D eigenvalue weighted by molar-refractivity contribution is 5.60. The lowest BCUT2D eigenvalue weighted by Gasteiger charge is -2.00. The minimum atomic E-state index is -0.167. The van der Waals surface area contributed by atoms with Crippen LogP contribution >= 0.6 is 0 Å². The highest BCUT2D eigenvalue weighted by Crippen LogP contribution is 2.26. The summed E-state index contributed by atoms with van der Waals surface area (Å²) in [6.45, 7) is 5.87. The zero-order valence-corrected chi connectivity index (χ0v) is 13.8. The third kappa shape index (κ3) is 5.32. The van der Waals surface area contributed by atoms with Gasteiger partial charge in [-0.15, -0.1) is 0 Å². The summed E-state index contributed by atoms with van der Waals surface area (Å²) >= 11 is 0. The van der Waals surface area contributed by atoms with Crippen molar-refractivity contribution in [3.05, 3.63) is 83.5 Å². The van der Waals surface area contributed by atoms with Gasteiger partial charge < -0.3 is 20.4 Å². The Bertz CT molecular complexity index is 873. The third-order valence-corrected chi connectivity index (χ3v) is 3.44. The van der Waals surface area contributed by atoms with Crippen LogP contribution in [0.25, 0.3) is 12.2 Å². The van der Waals surface area contributed by atoms with E-state index < -0.39 is 0 Å². The summed E-state index contributed by atoms with van der Waals surface area (Å²) in [5.41, 5.74) is 3.24. The molecule has 0 saturated carbocycles. The van der Waals surface area contributed by atoms with Crippen molar-refractivity contribution in [2.24, 2.45) is 0 Å². The molecule has 0 heterocycles. The molecule has 2 rings (SSSR count). The van der Waals surface area contributed by atoms with Crippen LogP contribution in [0.5, 0.6) is 23.0 Å². The summed E-state index contributed by atoms with van der Waals surface area (Å²) < 4.78 is 0. The van der Waals surface area contributed by atoms with Crippen LogP contribution < -0.4 is 0 Å². The van der Waals surface area contributed by atoms with E-state index in [4.69, 9.17) is 0 Å². The van der Waals surface area contributed by atoms with E-state index in [1.165, 1.54) is 24.3 Å². The summed E-state index contributed by atoms with van der Waals surface area (Å²) in [6, 6.07) is 9.19. The maximum Gasteiger partial charge on any atom is 0.157 e. The Balaban J connectivity index is 2.03. The molecular formula is C21H20O4. The second kappa shape index (κ2) is 7.93. The lowest BCUT2D eigenvalue weighted by molar-refractivity contribution is 0.403. The molecular weight excluding hydrogens is 316 g/mol. The van der Waals surface area contributed by atoms with Gasteiger partial charge in [0.05, 0.1) is 0 Å². The van der Waals surface area contributed by atoms with Gasteiger partial charge >= 0.3 is 0 Å².